The van der Waals surface area contributed by atoms with Crippen LogP contribution in [0.3, 0.4) is 0 Å². The van der Waals surface area contributed by atoms with Gasteiger partial charge in [-0.05, 0) is 43.5 Å². The molecule has 7 nitrogen and oxygen atoms in total. The Balaban J connectivity index is 1.67. The second kappa shape index (κ2) is 13.9. The zero-order valence-electron chi connectivity index (χ0n) is 18.4. The van der Waals surface area contributed by atoms with Crippen LogP contribution in [0.5, 0.6) is 0 Å². The number of amides is 1. The minimum atomic E-state index is -0.102. The molecule has 0 aliphatic heterocycles. The number of nitrogens with zero attached hydrogens (tertiary/aromatic N) is 2. The van der Waals surface area contributed by atoms with Gasteiger partial charge in [-0.25, -0.2) is 0 Å². The smallest absolute Gasteiger partial charge is 0.251 e. The molecule has 1 amide bonds. The lowest BCUT2D eigenvalue weighted by Crippen LogP contribution is -2.27. The van der Waals surface area contributed by atoms with Crippen LogP contribution in [0.4, 0.5) is 0 Å². The molecule has 2 rings (SSSR count). The van der Waals surface area contributed by atoms with Crippen molar-refractivity contribution in [2.24, 2.45) is 0 Å². The van der Waals surface area contributed by atoms with E-state index in [1.165, 1.54) is 5.56 Å². The molecule has 0 spiro atoms. The van der Waals surface area contributed by atoms with Crippen LogP contribution in [0.15, 0.2) is 36.7 Å². The average molecular weight is 418 g/mol. The molecule has 1 aromatic heterocycles. The molecule has 0 bridgehead atoms. The number of benzene rings is 1. The highest BCUT2D eigenvalue weighted by molar-refractivity contribution is 5.94. The van der Waals surface area contributed by atoms with Gasteiger partial charge in [0.05, 0.1) is 45.3 Å². The third kappa shape index (κ3) is 8.26. The van der Waals surface area contributed by atoms with Gasteiger partial charge >= 0.3 is 0 Å². The summed E-state index contributed by atoms with van der Waals surface area (Å²) < 4.78 is 18.0. The molecule has 7 heteroatoms. The lowest BCUT2D eigenvalue weighted by molar-refractivity contribution is 0.0175. The van der Waals surface area contributed by atoms with Crippen LogP contribution in [0, 0.1) is 0 Å². The Labute approximate surface area is 179 Å². The van der Waals surface area contributed by atoms with E-state index in [4.69, 9.17) is 14.2 Å². The minimum absolute atomic E-state index is 0.102. The summed E-state index contributed by atoms with van der Waals surface area (Å²) in [4.78, 5) is 12.3. The van der Waals surface area contributed by atoms with Crippen LogP contribution in [-0.4, -0.2) is 61.9 Å². The second-order valence-corrected chi connectivity index (χ2v) is 7.05. The number of hydrogen-bond donors (Lipinski definition) is 1. The first kappa shape index (κ1) is 24.1. The van der Waals surface area contributed by atoms with Crippen molar-refractivity contribution in [1.29, 1.82) is 0 Å². The van der Waals surface area contributed by atoms with E-state index >= 15 is 0 Å². The zero-order chi connectivity index (χ0) is 21.6. The van der Waals surface area contributed by atoms with E-state index in [9.17, 15) is 4.79 Å². The quantitative estimate of drug-likeness (QED) is 0.450. The van der Waals surface area contributed by atoms with Crippen molar-refractivity contribution >= 4 is 5.91 Å². The van der Waals surface area contributed by atoms with Gasteiger partial charge in [-0.2, -0.15) is 5.10 Å². The highest BCUT2D eigenvalue weighted by Gasteiger charge is 2.11. The summed E-state index contributed by atoms with van der Waals surface area (Å²) in [5, 5.41) is 7.34. The second-order valence-electron chi connectivity index (χ2n) is 7.05. The minimum Gasteiger partial charge on any atom is -0.379 e. The molecule has 166 valence electrons. The van der Waals surface area contributed by atoms with Crippen molar-refractivity contribution < 1.29 is 19.0 Å². The van der Waals surface area contributed by atoms with E-state index in [-0.39, 0.29) is 11.9 Å². The Morgan fingerprint density at radius 1 is 1.03 bits per heavy atom. The van der Waals surface area contributed by atoms with Gasteiger partial charge in [0, 0.05) is 24.9 Å². The predicted octanol–water partition coefficient (Wildman–Crippen LogP) is 3.24. The molecule has 1 aromatic carbocycles. The number of hydrogen-bond acceptors (Lipinski definition) is 5. The molecular formula is C23H35N3O4. The number of carbonyl (C=O) groups is 1. The van der Waals surface area contributed by atoms with Gasteiger partial charge in [0.1, 0.15) is 0 Å². The summed E-state index contributed by atoms with van der Waals surface area (Å²) >= 11 is 0. The highest BCUT2D eigenvalue weighted by Crippen LogP contribution is 2.18. The summed E-state index contributed by atoms with van der Waals surface area (Å²) in [5.74, 6) is -0.102. The standard InChI is InChI=1S/C23H35N3O4/c1-4-6-20-17-25-26(18-20)19(3)21-7-9-22(10-8-21)23(27)24-11-12-29-15-16-30-14-13-28-5-2/h7-10,17-19H,4-6,11-16H2,1-3H3,(H,24,27). The third-order valence-electron chi connectivity index (χ3n) is 4.73. The van der Waals surface area contributed by atoms with Crippen LogP contribution >= 0.6 is 0 Å². The van der Waals surface area contributed by atoms with E-state index in [2.05, 4.69) is 30.5 Å². The van der Waals surface area contributed by atoms with Crippen molar-refractivity contribution in [2.75, 3.05) is 46.2 Å². The fraction of sp³-hybridized carbons (Fsp3) is 0.565. The number of nitrogens with one attached hydrogen (secondary N) is 1. The Morgan fingerprint density at radius 3 is 2.37 bits per heavy atom. The Morgan fingerprint density at radius 2 is 1.70 bits per heavy atom. The van der Waals surface area contributed by atoms with Crippen LogP contribution in [0.25, 0.3) is 0 Å². The molecule has 1 heterocycles. The van der Waals surface area contributed by atoms with Gasteiger partial charge < -0.3 is 19.5 Å². The number of aryl methyl sites for hydroxylation is 1. The molecule has 0 saturated heterocycles. The molecule has 1 unspecified atom stereocenters. The number of carbonyl (C=O) groups excluding carboxylic acids is 1. The largest absolute Gasteiger partial charge is 0.379 e. The zero-order valence-corrected chi connectivity index (χ0v) is 18.4. The topological polar surface area (TPSA) is 74.6 Å². The highest BCUT2D eigenvalue weighted by atomic mass is 16.5. The number of ether oxygens (including phenoxy) is 3. The van der Waals surface area contributed by atoms with Crippen LogP contribution in [0.2, 0.25) is 0 Å². The van der Waals surface area contributed by atoms with Crippen molar-refractivity contribution in [2.45, 2.75) is 39.7 Å². The van der Waals surface area contributed by atoms with E-state index < -0.39 is 0 Å². The first-order valence-corrected chi connectivity index (χ1v) is 10.8. The van der Waals surface area contributed by atoms with Crippen LogP contribution in [0.1, 0.15) is 54.7 Å². The molecule has 0 saturated carbocycles. The van der Waals surface area contributed by atoms with E-state index in [1.54, 1.807) is 0 Å². The van der Waals surface area contributed by atoms with Gasteiger partial charge in [-0.15, -0.1) is 0 Å². The fourth-order valence-corrected chi connectivity index (χ4v) is 3.00. The lowest BCUT2D eigenvalue weighted by Gasteiger charge is -2.13. The van der Waals surface area contributed by atoms with E-state index in [0.29, 0.717) is 51.7 Å². The fourth-order valence-electron chi connectivity index (χ4n) is 3.00. The van der Waals surface area contributed by atoms with Gasteiger partial charge in [0.15, 0.2) is 0 Å². The van der Waals surface area contributed by atoms with E-state index in [0.717, 1.165) is 18.4 Å². The number of aromatic nitrogens is 2. The van der Waals surface area contributed by atoms with Gasteiger partial charge in [0.25, 0.3) is 5.91 Å². The summed E-state index contributed by atoms with van der Waals surface area (Å²) in [6.07, 6.45) is 6.17. The molecular weight excluding hydrogens is 382 g/mol. The monoisotopic (exact) mass is 417 g/mol. The molecule has 1 N–H and O–H groups in total. The molecule has 30 heavy (non-hydrogen) atoms. The summed E-state index contributed by atoms with van der Waals surface area (Å²) in [7, 11) is 0. The van der Waals surface area contributed by atoms with Crippen LogP contribution < -0.4 is 5.32 Å². The SMILES string of the molecule is CCCc1cnn(C(C)c2ccc(C(=O)NCCOCCOCCOCC)cc2)c1. The lowest BCUT2D eigenvalue weighted by atomic mass is 10.1. The van der Waals surface area contributed by atoms with Crippen molar-refractivity contribution in [1.82, 2.24) is 15.1 Å². The predicted molar refractivity (Wildman–Crippen MR) is 117 cm³/mol. The third-order valence-corrected chi connectivity index (χ3v) is 4.73. The molecule has 1 atom stereocenters. The average Bonchev–Trinajstić information content (AvgIpc) is 3.23. The molecule has 0 fully saturated rings. The van der Waals surface area contributed by atoms with Crippen molar-refractivity contribution in [3.05, 3.63) is 53.3 Å². The Kier molecular flexibility index (Phi) is 11.1. The Hall–Kier alpha value is -2.22. The first-order valence-electron chi connectivity index (χ1n) is 10.8. The normalized spacial score (nSPS) is 12.1. The molecule has 0 aliphatic carbocycles. The maximum absolute atomic E-state index is 12.3. The van der Waals surface area contributed by atoms with Crippen molar-refractivity contribution in [3.8, 4) is 0 Å². The maximum atomic E-state index is 12.3. The van der Waals surface area contributed by atoms with Crippen LogP contribution in [-0.2, 0) is 20.6 Å². The maximum Gasteiger partial charge on any atom is 0.251 e. The molecule has 0 radical (unpaired) electrons. The van der Waals surface area contributed by atoms with Gasteiger partial charge in [-0.1, -0.05) is 25.5 Å². The van der Waals surface area contributed by atoms with Gasteiger partial charge in [0.2, 0.25) is 0 Å². The summed E-state index contributed by atoms with van der Waals surface area (Å²) in [6.45, 7) is 10.0. The Bertz CT molecular complexity index is 730. The molecule has 2 aromatic rings. The van der Waals surface area contributed by atoms with E-state index in [1.807, 2.05) is 42.1 Å². The van der Waals surface area contributed by atoms with Gasteiger partial charge in [-0.3, -0.25) is 9.48 Å². The number of rotatable bonds is 15. The summed E-state index contributed by atoms with van der Waals surface area (Å²) in [5.41, 5.74) is 3.00. The van der Waals surface area contributed by atoms with Crippen molar-refractivity contribution in [3.63, 3.8) is 0 Å². The molecule has 0 aliphatic rings. The summed E-state index contributed by atoms with van der Waals surface area (Å²) in [6, 6.07) is 7.79. The first-order chi connectivity index (χ1) is 14.7.